The van der Waals surface area contributed by atoms with Crippen LogP contribution in [0.4, 0.5) is 0 Å². The summed E-state index contributed by atoms with van der Waals surface area (Å²) in [5, 5.41) is 3.36. The van der Waals surface area contributed by atoms with Gasteiger partial charge in [0.05, 0.1) is 0 Å². The summed E-state index contributed by atoms with van der Waals surface area (Å²) < 4.78 is 3.48. The van der Waals surface area contributed by atoms with Gasteiger partial charge in [0.1, 0.15) is 17.3 Å². The molecule has 0 bridgehead atoms. The van der Waals surface area contributed by atoms with Crippen LogP contribution in [0, 0.1) is 0 Å². The zero-order chi connectivity index (χ0) is 22.7. The summed E-state index contributed by atoms with van der Waals surface area (Å²) in [7, 11) is 0. The van der Waals surface area contributed by atoms with E-state index in [1.54, 1.807) is 24.3 Å². The Morgan fingerprint density at radius 3 is 2.34 bits per heavy atom. The number of rotatable bonds is 5. The third-order valence-electron chi connectivity index (χ3n) is 5.48. The number of amides is 1. The molecule has 1 aliphatic heterocycles. The predicted octanol–water partition coefficient (Wildman–Crippen LogP) is 4.04. The molecule has 3 aromatic rings. The number of carbonyl (C=O) groups excluding carboxylic acids is 1. The van der Waals surface area contributed by atoms with Gasteiger partial charge in [0.2, 0.25) is 3.79 Å². The standard InChI is InChI=1S/C23H22Cl3N3O3/c24-23(25,26)22(29-12-10-28(11-13-29)15-16-6-2-1-3-7-16)27-20(30)18-14-17-8-4-5-9-19(17)32-21(18)31/h1-9,14,22H,10-13,15H2,(H,27,30). The molecular weight excluding hydrogens is 473 g/mol. The molecule has 1 unspecified atom stereocenters. The van der Waals surface area contributed by atoms with E-state index in [2.05, 4.69) is 22.3 Å². The molecule has 1 fully saturated rings. The Bertz CT molecular complexity index is 1140. The van der Waals surface area contributed by atoms with Crippen LogP contribution in [0.1, 0.15) is 15.9 Å². The molecule has 4 rings (SSSR count). The molecule has 32 heavy (non-hydrogen) atoms. The SMILES string of the molecule is O=C(NC(N1CCN(Cc2ccccc2)CC1)C(Cl)(Cl)Cl)c1cc2ccccc2oc1=O. The van der Waals surface area contributed by atoms with Crippen molar-refractivity contribution in [1.29, 1.82) is 0 Å². The lowest BCUT2D eigenvalue weighted by Gasteiger charge is -2.41. The highest BCUT2D eigenvalue weighted by Gasteiger charge is 2.40. The summed E-state index contributed by atoms with van der Waals surface area (Å²) in [4.78, 5) is 29.5. The Morgan fingerprint density at radius 2 is 1.66 bits per heavy atom. The fourth-order valence-electron chi connectivity index (χ4n) is 3.82. The second kappa shape index (κ2) is 9.81. The Balaban J connectivity index is 1.46. The Labute approximate surface area is 200 Å². The highest BCUT2D eigenvalue weighted by atomic mass is 35.6. The van der Waals surface area contributed by atoms with Gasteiger partial charge in [-0.25, -0.2) is 4.79 Å². The molecule has 1 atom stereocenters. The van der Waals surface area contributed by atoms with Crippen molar-refractivity contribution in [1.82, 2.24) is 15.1 Å². The molecule has 6 nitrogen and oxygen atoms in total. The van der Waals surface area contributed by atoms with Gasteiger partial charge in [0.25, 0.3) is 5.91 Å². The molecule has 1 aliphatic rings. The third kappa shape index (κ3) is 5.45. The molecule has 0 radical (unpaired) electrons. The van der Waals surface area contributed by atoms with Crippen molar-refractivity contribution in [2.24, 2.45) is 0 Å². The summed E-state index contributed by atoms with van der Waals surface area (Å²) in [5.41, 5.74) is 0.763. The molecule has 1 aromatic heterocycles. The maximum Gasteiger partial charge on any atom is 0.349 e. The quantitative estimate of drug-likeness (QED) is 0.428. The zero-order valence-electron chi connectivity index (χ0n) is 17.1. The maximum absolute atomic E-state index is 12.9. The smallest absolute Gasteiger partial charge is 0.349 e. The van der Waals surface area contributed by atoms with Crippen LogP contribution in [0.3, 0.4) is 0 Å². The van der Waals surface area contributed by atoms with Crippen molar-refractivity contribution in [3.63, 3.8) is 0 Å². The average molecular weight is 495 g/mol. The Kier molecular flexibility index (Phi) is 7.08. The van der Waals surface area contributed by atoms with Gasteiger partial charge in [-0.2, -0.15) is 0 Å². The number of carbonyl (C=O) groups is 1. The van der Waals surface area contributed by atoms with Crippen molar-refractivity contribution >= 4 is 51.7 Å². The van der Waals surface area contributed by atoms with Gasteiger partial charge >= 0.3 is 5.63 Å². The highest BCUT2D eigenvalue weighted by Crippen LogP contribution is 2.33. The molecule has 2 aromatic carbocycles. The lowest BCUT2D eigenvalue weighted by atomic mass is 10.1. The fraction of sp³-hybridized carbons (Fsp3) is 0.304. The predicted molar refractivity (Wildman–Crippen MR) is 127 cm³/mol. The molecule has 1 amide bonds. The number of nitrogens with zero attached hydrogens (tertiary/aromatic N) is 2. The van der Waals surface area contributed by atoms with E-state index in [4.69, 9.17) is 39.2 Å². The Morgan fingerprint density at radius 1 is 1.00 bits per heavy atom. The van der Waals surface area contributed by atoms with Crippen LogP contribution in [0.25, 0.3) is 11.0 Å². The number of halogens is 3. The van der Waals surface area contributed by atoms with Crippen molar-refractivity contribution < 1.29 is 9.21 Å². The molecular formula is C23H22Cl3N3O3. The topological polar surface area (TPSA) is 65.8 Å². The summed E-state index contributed by atoms with van der Waals surface area (Å²) in [6.07, 6.45) is -0.898. The minimum atomic E-state index is -1.78. The van der Waals surface area contributed by atoms with Crippen LogP contribution in [-0.4, -0.2) is 51.8 Å². The van der Waals surface area contributed by atoms with E-state index >= 15 is 0 Å². The second-order valence-electron chi connectivity index (χ2n) is 7.70. The number of fused-ring (bicyclic) bond motifs is 1. The van der Waals surface area contributed by atoms with Crippen LogP contribution >= 0.6 is 34.8 Å². The van der Waals surface area contributed by atoms with E-state index in [1.165, 1.54) is 11.6 Å². The summed E-state index contributed by atoms with van der Waals surface area (Å²) >= 11 is 18.7. The molecule has 168 valence electrons. The minimum absolute atomic E-state index is 0.134. The number of nitrogens with one attached hydrogen (secondary N) is 1. The van der Waals surface area contributed by atoms with Crippen LogP contribution in [-0.2, 0) is 6.54 Å². The first-order chi connectivity index (χ1) is 15.3. The van der Waals surface area contributed by atoms with Crippen LogP contribution in [0.5, 0.6) is 0 Å². The number of alkyl halides is 3. The van der Waals surface area contributed by atoms with Crippen LogP contribution in [0.2, 0.25) is 0 Å². The molecule has 2 heterocycles. The van der Waals surface area contributed by atoms with E-state index in [9.17, 15) is 9.59 Å². The van der Waals surface area contributed by atoms with Gasteiger partial charge in [-0.3, -0.25) is 14.6 Å². The second-order valence-corrected chi connectivity index (χ2v) is 10.1. The molecule has 9 heteroatoms. The summed E-state index contributed by atoms with van der Waals surface area (Å²) in [6, 6.07) is 18.7. The molecule has 1 saturated heterocycles. The molecule has 1 N–H and O–H groups in total. The van der Waals surface area contributed by atoms with Gasteiger partial charge in [-0.1, -0.05) is 83.3 Å². The Hall–Kier alpha value is -2.09. The van der Waals surface area contributed by atoms with Gasteiger partial charge in [-0.05, 0) is 17.7 Å². The molecule has 0 spiro atoms. The van der Waals surface area contributed by atoms with Crippen molar-refractivity contribution in [3.8, 4) is 0 Å². The van der Waals surface area contributed by atoms with Gasteiger partial charge in [0.15, 0.2) is 0 Å². The number of hydrogen-bond donors (Lipinski definition) is 1. The first kappa shape index (κ1) is 23.1. The van der Waals surface area contributed by atoms with Gasteiger partial charge < -0.3 is 9.73 Å². The normalized spacial score (nSPS) is 16.7. The van der Waals surface area contributed by atoms with E-state index < -0.39 is 21.5 Å². The average Bonchev–Trinajstić information content (AvgIpc) is 2.77. The summed E-state index contributed by atoms with van der Waals surface area (Å²) in [5.74, 6) is -0.646. The van der Waals surface area contributed by atoms with E-state index in [-0.39, 0.29) is 5.56 Å². The zero-order valence-corrected chi connectivity index (χ0v) is 19.4. The highest BCUT2D eigenvalue weighted by molar-refractivity contribution is 6.68. The number of hydrogen-bond acceptors (Lipinski definition) is 5. The number of para-hydroxylation sites is 1. The third-order valence-corrected chi connectivity index (χ3v) is 6.11. The lowest BCUT2D eigenvalue weighted by molar-refractivity contribution is 0.0656. The lowest BCUT2D eigenvalue weighted by Crippen LogP contribution is -2.60. The largest absolute Gasteiger partial charge is 0.422 e. The number of benzene rings is 2. The number of piperazine rings is 1. The first-order valence-electron chi connectivity index (χ1n) is 10.2. The monoisotopic (exact) mass is 493 g/mol. The van der Waals surface area contributed by atoms with E-state index in [1.807, 2.05) is 23.1 Å². The molecule has 0 aliphatic carbocycles. The van der Waals surface area contributed by atoms with Crippen molar-refractivity contribution in [2.75, 3.05) is 26.2 Å². The van der Waals surface area contributed by atoms with Crippen LogP contribution < -0.4 is 10.9 Å². The van der Waals surface area contributed by atoms with E-state index in [0.717, 1.165) is 19.6 Å². The van der Waals surface area contributed by atoms with Crippen molar-refractivity contribution in [2.45, 2.75) is 16.5 Å². The minimum Gasteiger partial charge on any atom is -0.422 e. The summed E-state index contributed by atoms with van der Waals surface area (Å²) in [6.45, 7) is 3.52. The first-order valence-corrected chi connectivity index (χ1v) is 11.4. The fourth-order valence-corrected chi connectivity index (χ4v) is 4.40. The maximum atomic E-state index is 12.9. The van der Waals surface area contributed by atoms with Gasteiger partial charge in [0, 0.05) is 38.1 Å². The molecule has 0 saturated carbocycles. The van der Waals surface area contributed by atoms with Crippen molar-refractivity contribution in [3.05, 3.63) is 82.2 Å². The van der Waals surface area contributed by atoms with E-state index in [0.29, 0.717) is 24.1 Å². The van der Waals surface area contributed by atoms with Crippen LogP contribution in [0.15, 0.2) is 69.9 Å². The van der Waals surface area contributed by atoms with Gasteiger partial charge in [-0.15, -0.1) is 0 Å².